The molecule has 1 aliphatic heterocycles. The maximum absolute atomic E-state index is 4.35. The van der Waals surface area contributed by atoms with Crippen LogP contribution < -0.4 is 5.32 Å². The van der Waals surface area contributed by atoms with E-state index in [1.807, 2.05) is 6.20 Å². The SMILES string of the molecule is CCn1nccc1CN1CCC(NCC2CC2)CC1.Cl. The number of nitrogens with zero attached hydrogens (tertiary/aromatic N) is 3. The minimum Gasteiger partial charge on any atom is -0.314 e. The van der Waals surface area contributed by atoms with Crippen molar-refractivity contribution in [3.05, 3.63) is 18.0 Å². The summed E-state index contributed by atoms with van der Waals surface area (Å²) < 4.78 is 2.11. The van der Waals surface area contributed by atoms with Crippen molar-refractivity contribution in [1.82, 2.24) is 20.0 Å². The van der Waals surface area contributed by atoms with Gasteiger partial charge in [-0.25, -0.2) is 0 Å². The number of halogens is 1. The molecule has 1 aromatic heterocycles. The normalized spacial score (nSPS) is 20.9. The number of aromatic nitrogens is 2. The highest BCUT2D eigenvalue weighted by atomic mass is 35.5. The molecule has 1 saturated carbocycles. The van der Waals surface area contributed by atoms with Crippen LogP contribution in [0.3, 0.4) is 0 Å². The number of aryl methyl sites for hydroxylation is 1. The summed E-state index contributed by atoms with van der Waals surface area (Å²) in [5.41, 5.74) is 1.35. The number of likely N-dealkylation sites (tertiary alicyclic amines) is 1. The van der Waals surface area contributed by atoms with Gasteiger partial charge < -0.3 is 5.32 Å². The Morgan fingerprint density at radius 2 is 2.00 bits per heavy atom. The summed E-state index contributed by atoms with van der Waals surface area (Å²) in [5.74, 6) is 0.997. The molecular weight excluding hydrogens is 272 g/mol. The summed E-state index contributed by atoms with van der Waals surface area (Å²) in [6.45, 7) is 7.89. The number of hydrogen-bond acceptors (Lipinski definition) is 3. The van der Waals surface area contributed by atoms with Gasteiger partial charge in [0.2, 0.25) is 0 Å². The van der Waals surface area contributed by atoms with E-state index in [1.165, 1.54) is 51.0 Å². The van der Waals surface area contributed by atoms with Gasteiger partial charge in [0, 0.05) is 38.4 Å². The highest BCUT2D eigenvalue weighted by Gasteiger charge is 2.24. The average molecular weight is 299 g/mol. The predicted molar refractivity (Wildman–Crippen MR) is 84.2 cm³/mol. The molecule has 0 bridgehead atoms. The quantitative estimate of drug-likeness (QED) is 0.875. The monoisotopic (exact) mass is 298 g/mol. The van der Waals surface area contributed by atoms with Crippen LogP contribution in [0.15, 0.2) is 12.3 Å². The van der Waals surface area contributed by atoms with Crippen LogP contribution in [0, 0.1) is 5.92 Å². The molecule has 114 valence electrons. The smallest absolute Gasteiger partial charge is 0.0524 e. The van der Waals surface area contributed by atoms with Crippen molar-refractivity contribution in [2.75, 3.05) is 19.6 Å². The van der Waals surface area contributed by atoms with Crippen LogP contribution in [0.25, 0.3) is 0 Å². The van der Waals surface area contributed by atoms with E-state index in [9.17, 15) is 0 Å². The molecule has 20 heavy (non-hydrogen) atoms. The lowest BCUT2D eigenvalue weighted by Crippen LogP contribution is -2.42. The van der Waals surface area contributed by atoms with Gasteiger partial charge in [-0.2, -0.15) is 5.10 Å². The molecule has 0 unspecified atom stereocenters. The van der Waals surface area contributed by atoms with E-state index < -0.39 is 0 Å². The van der Waals surface area contributed by atoms with Gasteiger partial charge in [-0.15, -0.1) is 12.4 Å². The topological polar surface area (TPSA) is 33.1 Å². The number of piperidine rings is 1. The lowest BCUT2D eigenvalue weighted by molar-refractivity contribution is 0.185. The van der Waals surface area contributed by atoms with Gasteiger partial charge in [-0.05, 0) is 51.1 Å². The summed E-state index contributed by atoms with van der Waals surface area (Å²) in [6.07, 6.45) is 7.42. The lowest BCUT2D eigenvalue weighted by atomic mass is 10.0. The molecule has 0 atom stereocenters. The first-order valence-corrected chi connectivity index (χ1v) is 7.81. The van der Waals surface area contributed by atoms with E-state index in [0.29, 0.717) is 0 Å². The Morgan fingerprint density at radius 1 is 1.25 bits per heavy atom. The third kappa shape index (κ3) is 4.21. The highest BCUT2D eigenvalue weighted by molar-refractivity contribution is 5.85. The Kier molecular flexibility index (Phi) is 5.87. The first kappa shape index (κ1) is 15.8. The minimum absolute atomic E-state index is 0. The Balaban J connectivity index is 0.00000147. The lowest BCUT2D eigenvalue weighted by Gasteiger charge is -2.32. The Morgan fingerprint density at radius 3 is 2.65 bits per heavy atom. The summed E-state index contributed by atoms with van der Waals surface area (Å²) in [4.78, 5) is 2.57. The first-order valence-electron chi connectivity index (χ1n) is 7.81. The zero-order valence-corrected chi connectivity index (χ0v) is 13.2. The van der Waals surface area contributed by atoms with Crippen molar-refractivity contribution < 1.29 is 0 Å². The first-order chi connectivity index (χ1) is 9.35. The fraction of sp³-hybridized carbons (Fsp3) is 0.800. The van der Waals surface area contributed by atoms with Crippen molar-refractivity contribution in [3.8, 4) is 0 Å². The second kappa shape index (κ2) is 7.43. The Bertz CT molecular complexity index is 394. The van der Waals surface area contributed by atoms with Gasteiger partial charge >= 0.3 is 0 Å². The standard InChI is InChI=1S/C15H26N4.ClH/c1-2-19-15(5-8-17-19)12-18-9-6-14(7-10-18)16-11-13-3-4-13;/h5,8,13-14,16H,2-4,6-7,9-12H2,1H3;1H. The molecule has 0 radical (unpaired) electrons. The summed E-state index contributed by atoms with van der Waals surface area (Å²) in [6, 6.07) is 2.91. The molecule has 3 rings (SSSR count). The van der Waals surface area contributed by atoms with E-state index in [0.717, 1.165) is 25.0 Å². The van der Waals surface area contributed by atoms with E-state index in [4.69, 9.17) is 0 Å². The molecule has 2 heterocycles. The third-order valence-corrected chi connectivity index (χ3v) is 4.47. The molecule has 2 aliphatic rings. The van der Waals surface area contributed by atoms with Crippen LogP contribution >= 0.6 is 12.4 Å². The molecular formula is C15H27ClN4. The second-order valence-electron chi connectivity index (χ2n) is 6.04. The van der Waals surface area contributed by atoms with Gasteiger partial charge in [-0.3, -0.25) is 9.58 Å². The number of rotatable bonds is 6. The molecule has 4 nitrogen and oxygen atoms in total. The molecule has 0 amide bonds. The van der Waals surface area contributed by atoms with E-state index >= 15 is 0 Å². The maximum atomic E-state index is 4.35. The van der Waals surface area contributed by atoms with Crippen LogP contribution in [-0.4, -0.2) is 40.4 Å². The van der Waals surface area contributed by atoms with Crippen molar-refractivity contribution >= 4 is 12.4 Å². The van der Waals surface area contributed by atoms with Crippen molar-refractivity contribution in [3.63, 3.8) is 0 Å². The van der Waals surface area contributed by atoms with Crippen LogP contribution in [-0.2, 0) is 13.1 Å². The molecule has 1 N–H and O–H groups in total. The molecule has 5 heteroatoms. The van der Waals surface area contributed by atoms with E-state index in [1.54, 1.807) is 0 Å². The predicted octanol–water partition coefficient (Wildman–Crippen LogP) is 2.29. The van der Waals surface area contributed by atoms with Crippen LogP contribution in [0.5, 0.6) is 0 Å². The molecule has 1 aliphatic carbocycles. The van der Waals surface area contributed by atoms with Crippen LogP contribution in [0.2, 0.25) is 0 Å². The molecule has 2 fully saturated rings. The van der Waals surface area contributed by atoms with Crippen molar-refractivity contribution in [2.45, 2.75) is 51.7 Å². The van der Waals surface area contributed by atoms with Crippen molar-refractivity contribution in [1.29, 1.82) is 0 Å². The Labute approximate surface area is 128 Å². The molecule has 0 spiro atoms. The van der Waals surface area contributed by atoms with Gasteiger partial charge in [0.15, 0.2) is 0 Å². The number of hydrogen-bond donors (Lipinski definition) is 1. The largest absolute Gasteiger partial charge is 0.314 e. The van der Waals surface area contributed by atoms with E-state index in [-0.39, 0.29) is 12.4 Å². The van der Waals surface area contributed by atoms with Gasteiger partial charge in [0.05, 0.1) is 5.69 Å². The minimum atomic E-state index is 0. The van der Waals surface area contributed by atoms with Crippen molar-refractivity contribution in [2.24, 2.45) is 5.92 Å². The van der Waals surface area contributed by atoms with Gasteiger partial charge in [0.25, 0.3) is 0 Å². The molecule has 1 aromatic rings. The average Bonchev–Trinajstić information content (AvgIpc) is 3.17. The highest BCUT2D eigenvalue weighted by Crippen LogP contribution is 2.28. The number of nitrogens with one attached hydrogen (secondary N) is 1. The zero-order chi connectivity index (χ0) is 13.1. The second-order valence-corrected chi connectivity index (χ2v) is 6.04. The fourth-order valence-electron chi connectivity index (χ4n) is 2.96. The molecule has 1 saturated heterocycles. The van der Waals surface area contributed by atoms with E-state index in [2.05, 4.69) is 33.0 Å². The van der Waals surface area contributed by atoms with Crippen LogP contribution in [0.1, 0.15) is 38.3 Å². The summed E-state index contributed by atoms with van der Waals surface area (Å²) >= 11 is 0. The Hall–Kier alpha value is -0.580. The zero-order valence-electron chi connectivity index (χ0n) is 12.4. The summed E-state index contributed by atoms with van der Waals surface area (Å²) in [7, 11) is 0. The van der Waals surface area contributed by atoms with Crippen LogP contribution in [0.4, 0.5) is 0 Å². The molecule has 0 aromatic carbocycles. The fourth-order valence-corrected chi connectivity index (χ4v) is 2.96. The van der Waals surface area contributed by atoms with Gasteiger partial charge in [-0.1, -0.05) is 0 Å². The maximum Gasteiger partial charge on any atom is 0.0524 e. The summed E-state index contributed by atoms with van der Waals surface area (Å²) in [5, 5.41) is 8.09. The van der Waals surface area contributed by atoms with Gasteiger partial charge in [0.1, 0.15) is 0 Å². The third-order valence-electron chi connectivity index (χ3n) is 4.47.